The monoisotopic (exact) mass is 288 g/mol. The van der Waals surface area contributed by atoms with Crippen LogP contribution >= 0.6 is 0 Å². The van der Waals surface area contributed by atoms with Gasteiger partial charge < -0.3 is 15.7 Å². The first-order chi connectivity index (χ1) is 10.2. The predicted octanol–water partition coefficient (Wildman–Crippen LogP) is 1.30. The number of anilines is 1. The van der Waals surface area contributed by atoms with Gasteiger partial charge >= 0.3 is 0 Å². The Bertz CT molecular complexity index is 603. The normalized spacial score (nSPS) is 10.6. The molecule has 6 heteroatoms. The van der Waals surface area contributed by atoms with Crippen molar-refractivity contribution in [3.8, 4) is 5.69 Å². The Labute approximate surface area is 123 Å². The van der Waals surface area contributed by atoms with Crippen molar-refractivity contribution in [1.82, 2.24) is 14.7 Å². The Kier molecular flexibility index (Phi) is 4.94. The van der Waals surface area contributed by atoms with E-state index in [1.165, 1.54) is 0 Å². The number of hydrogen-bond acceptors (Lipinski definition) is 4. The van der Waals surface area contributed by atoms with Gasteiger partial charge in [0.15, 0.2) is 5.69 Å². The maximum absolute atomic E-state index is 12.4. The molecule has 0 aliphatic heterocycles. The molecule has 0 atom stereocenters. The standard InChI is InChI=1S/C15H20N4O2/c1-2-7-18(9-10-20)15(21)14-6-8-19(17-14)13-5-3-4-12(16)11-13/h3-6,8,11,20H,2,7,9-10,16H2,1H3. The summed E-state index contributed by atoms with van der Waals surface area (Å²) in [5, 5.41) is 13.3. The summed E-state index contributed by atoms with van der Waals surface area (Å²) in [7, 11) is 0. The summed E-state index contributed by atoms with van der Waals surface area (Å²) in [5.41, 5.74) is 7.55. The van der Waals surface area contributed by atoms with Crippen LogP contribution in [-0.2, 0) is 0 Å². The molecule has 0 bridgehead atoms. The van der Waals surface area contributed by atoms with Crippen LogP contribution in [0.2, 0.25) is 0 Å². The van der Waals surface area contributed by atoms with Gasteiger partial charge in [-0.15, -0.1) is 0 Å². The Morgan fingerprint density at radius 1 is 1.38 bits per heavy atom. The zero-order valence-corrected chi connectivity index (χ0v) is 12.1. The molecule has 0 fully saturated rings. The number of rotatable bonds is 6. The summed E-state index contributed by atoms with van der Waals surface area (Å²) in [6, 6.07) is 8.96. The Balaban J connectivity index is 2.20. The molecule has 0 radical (unpaired) electrons. The number of hydrogen-bond donors (Lipinski definition) is 2. The number of benzene rings is 1. The molecule has 1 heterocycles. The van der Waals surface area contributed by atoms with E-state index in [1.54, 1.807) is 34.0 Å². The van der Waals surface area contributed by atoms with Crippen molar-refractivity contribution in [3.63, 3.8) is 0 Å². The van der Waals surface area contributed by atoms with E-state index in [1.807, 2.05) is 19.1 Å². The van der Waals surface area contributed by atoms with Crippen LogP contribution < -0.4 is 5.73 Å². The van der Waals surface area contributed by atoms with Crippen LogP contribution in [0.25, 0.3) is 5.69 Å². The SMILES string of the molecule is CCCN(CCO)C(=O)c1ccn(-c2cccc(N)c2)n1. The first-order valence-corrected chi connectivity index (χ1v) is 6.97. The number of nitrogens with zero attached hydrogens (tertiary/aromatic N) is 3. The second kappa shape index (κ2) is 6.90. The lowest BCUT2D eigenvalue weighted by Crippen LogP contribution is -2.34. The first kappa shape index (κ1) is 15.1. The number of nitrogens with two attached hydrogens (primary N) is 1. The van der Waals surface area contributed by atoms with Crippen LogP contribution in [0.5, 0.6) is 0 Å². The minimum atomic E-state index is -0.173. The van der Waals surface area contributed by atoms with Gasteiger partial charge in [-0.1, -0.05) is 13.0 Å². The van der Waals surface area contributed by atoms with Gasteiger partial charge in [0, 0.05) is 25.0 Å². The van der Waals surface area contributed by atoms with E-state index in [0.29, 0.717) is 24.5 Å². The predicted molar refractivity (Wildman–Crippen MR) is 81.3 cm³/mol. The number of carbonyl (C=O) groups is 1. The Hall–Kier alpha value is -2.34. The molecule has 0 aliphatic rings. The lowest BCUT2D eigenvalue weighted by Gasteiger charge is -2.19. The molecule has 0 unspecified atom stereocenters. The van der Waals surface area contributed by atoms with Gasteiger partial charge in [-0.2, -0.15) is 5.10 Å². The topological polar surface area (TPSA) is 84.4 Å². The van der Waals surface area contributed by atoms with Crippen molar-refractivity contribution in [2.75, 3.05) is 25.4 Å². The first-order valence-electron chi connectivity index (χ1n) is 6.97. The van der Waals surface area contributed by atoms with E-state index in [4.69, 9.17) is 10.8 Å². The number of carbonyl (C=O) groups excluding carboxylic acids is 1. The number of aromatic nitrogens is 2. The summed E-state index contributed by atoms with van der Waals surface area (Å²) < 4.78 is 1.62. The molecule has 2 aromatic rings. The summed E-state index contributed by atoms with van der Waals surface area (Å²) >= 11 is 0. The van der Waals surface area contributed by atoms with Crippen molar-refractivity contribution in [2.24, 2.45) is 0 Å². The zero-order chi connectivity index (χ0) is 15.2. The van der Waals surface area contributed by atoms with E-state index >= 15 is 0 Å². The largest absolute Gasteiger partial charge is 0.399 e. The number of aliphatic hydroxyl groups is 1. The fourth-order valence-corrected chi connectivity index (χ4v) is 2.12. The minimum Gasteiger partial charge on any atom is -0.399 e. The van der Waals surface area contributed by atoms with Gasteiger partial charge in [0.05, 0.1) is 12.3 Å². The second-order valence-corrected chi connectivity index (χ2v) is 4.76. The van der Waals surface area contributed by atoms with Crippen molar-refractivity contribution < 1.29 is 9.90 Å². The lowest BCUT2D eigenvalue weighted by molar-refractivity contribution is 0.0715. The van der Waals surface area contributed by atoms with Gasteiger partial charge in [0.2, 0.25) is 0 Å². The Morgan fingerprint density at radius 3 is 2.86 bits per heavy atom. The van der Waals surface area contributed by atoms with Gasteiger partial charge in [-0.3, -0.25) is 4.79 Å². The summed E-state index contributed by atoms with van der Waals surface area (Å²) in [6.07, 6.45) is 2.56. The van der Waals surface area contributed by atoms with Crippen LogP contribution in [0.4, 0.5) is 5.69 Å². The smallest absolute Gasteiger partial charge is 0.274 e. The highest BCUT2D eigenvalue weighted by molar-refractivity contribution is 5.92. The van der Waals surface area contributed by atoms with Crippen molar-refractivity contribution in [2.45, 2.75) is 13.3 Å². The van der Waals surface area contributed by atoms with Gasteiger partial charge in [-0.05, 0) is 30.7 Å². The summed E-state index contributed by atoms with van der Waals surface area (Å²) in [6.45, 7) is 2.85. The van der Waals surface area contributed by atoms with Crippen LogP contribution in [0, 0.1) is 0 Å². The van der Waals surface area contributed by atoms with E-state index in [2.05, 4.69) is 5.10 Å². The maximum Gasteiger partial charge on any atom is 0.274 e. The molecule has 0 aliphatic carbocycles. The van der Waals surface area contributed by atoms with E-state index in [-0.39, 0.29) is 12.5 Å². The van der Waals surface area contributed by atoms with Gasteiger partial charge in [0.25, 0.3) is 5.91 Å². The van der Waals surface area contributed by atoms with Crippen LogP contribution in [0.15, 0.2) is 36.5 Å². The Morgan fingerprint density at radius 2 is 2.19 bits per heavy atom. The summed E-state index contributed by atoms with van der Waals surface area (Å²) in [4.78, 5) is 14.0. The molecule has 1 amide bonds. The maximum atomic E-state index is 12.4. The van der Waals surface area contributed by atoms with E-state index < -0.39 is 0 Å². The highest BCUT2D eigenvalue weighted by atomic mass is 16.3. The number of amides is 1. The molecule has 0 spiro atoms. The lowest BCUT2D eigenvalue weighted by atomic mass is 10.3. The molecule has 3 N–H and O–H groups in total. The fourth-order valence-electron chi connectivity index (χ4n) is 2.12. The zero-order valence-electron chi connectivity index (χ0n) is 12.1. The van der Waals surface area contributed by atoms with E-state index in [9.17, 15) is 4.79 Å². The molecule has 112 valence electrons. The van der Waals surface area contributed by atoms with E-state index in [0.717, 1.165) is 12.1 Å². The van der Waals surface area contributed by atoms with Crippen LogP contribution in [-0.4, -0.2) is 45.4 Å². The molecule has 21 heavy (non-hydrogen) atoms. The van der Waals surface area contributed by atoms with Gasteiger partial charge in [0.1, 0.15) is 0 Å². The fraction of sp³-hybridized carbons (Fsp3) is 0.333. The molecule has 0 saturated carbocycles. The molecule has 6 nitrogen and oxygen atoms in total. The third kappa shape index (κ3) is 3.61. The second-order valence-electron chi connectivity index (χ2n) is 4.76. The van der Waals surface area contributed by atoms with Crippen LogP contribution in [0.1, 0.15) is 23.8 Å². The third-order valence-electron chi connectivity index (χ3n) is 3.09. The number of nitrogen functional groups attached to an aromatic ring is 1. The molecular weight excluding hydrogens is 268 g/mol. The molecule has 2 rings (SSSR count). The van der Waals surface area contributed by atoms with Crippen molar-refractivity contribution in [1.29, 1.82) is 0 Å². The van der Waals surface area contributed by atoms with Crippen molar-refractivity contribution in [3.05, 3.63) is 42.2 Å². The highest BCUT2D eigenvalue weighted by Gasteiger charge is 2.17. The van der Waals surface area contributed by atoms with Crippen LogP contribution in [0.3, 0.4) is 0 Å². The van der Waals surface area contributed by atoms with Gasteiger partial charge in [-0.25, -0.2) is 4.68 Å². The summed E-state index contributed by atoms with van der Waals surface area (Å²) in [5.74, 6) is -0.173. The average molecular weight is 288 g/mol. The number of aliphatic hydroxyl groups excluding tert-OH is 1. The molecule has 1 aromatic carbocycles. The average Bonchev–Trinajstić information content (AvgIpc) is 2.96. The quantitative estimate of drug-likeness (QED) is 0.785. The highest BCUT2D eigenvalue weighted by Crippen LogP contribution is 2.12. The third-order valence-corrected chi connectivity index (χ3v) is 3.09. The molecule has 0 saturated heterocycles. The van der Waals surface area contributed by atoms with Crippen molar-refractivity contribution >= 4 is 11.6 Å². The minimum absolute atomic E-state index is 0.0539. The molecule has 1 aromatic heterocycles. The molecular formula is C15H20N4O2.